The standard InChI is InChI=1S/C17H19F3S/c1-12(2)15-10-9-14(8-7-13-5-3-4-6-13)16(11-15)21-17(18,19)20/h9-13H,3-6H2,1-2H3. The van der Waals surface area contributed by atoms with Gasteiger partial charge in [0.05, 0.1) is 0 Å². The van der Waals surface area contributed by atoms with Gasteiger partial charge in [0.15, 0.2) is 0 Å². The topological polar surface area (TPSA) is 0 Å². The highest BCUT2D eigenvalue weighted by Crippen LogP contribution is 2.39. The summed E-state index contributed by atoms with van der Waals surface area (Å²) >= 11 is -0.0611. The Morgan fingerprint density at radius 1 is 1.19 bits per heavy atom. The van der Waals surface area contributed by atoms with Crippen molar-refractivity contribution in [2.45, 2.75) is 55.9 Å². The lowest BCUT2D eigenvalue weighted by atomic mass is 10.0. The molecule has 0 nitrogen and oxygen atoms in total. The molecule has 0 spiro atoms. The summed E-state index contributed by atoms with van der Waals surface area (Å²) in [4.78, 5) is 0.221. The van der Waals surface area contributed by atoms with Crippen LogP contribution in [0, 0.1) is 17.8 Å². The molecule has 2 rings (SSSR count). The number of alkyl halides is 3. The van der Waals surface area contributed by atoms with Crippen molar-refractivity contribution in [3.8, 4) is 11.8 Å². The minimum atomic E-state index is -4.28. The average molecular weight is 312 g/mol. The fourth-order valence-electron chi connectivity index (χ4n) is 2.46. The molecule has 21 heavy (non-hydrogen) atoms. The maximum atomic E-state index is 12.7. The second kappa shape index (κ2) is 6.79. The fourth-order valence-corrected chi connectivity index (χ4v) is 3.13. The van der Waals surface area contributed by atoms with E-state index in [2.05, 4.69) is 11.8 Å². The number of thioether (sulfide) groups is 1. The number of rotatable bonds is 2. The van der Waals surface area contributed by atoms with Crippen molar-refractivity contribution in [1.29, 1.82) is 0 Å². The minimum absolute atomic E-state index is 0.0611. The molecule has 0 bridgehead atoms. The number of hydrogen-bond donors (Lipinski definition) is 0. The van der Waals surface area contributed by atoms with E-state index in [1.54, 1.807) is 12.1 Å². The van der Waals surface area contributed by atoms with Gasteiger partial charge in [-0.25, -0.2) is 0 Å². The Kier molecular flexibility index (Phi) is 5.27. The summed E-state index contributed by atoms with van der Waals surface area (Å²) < 4.78 is 38.1. The van der Waals surface area contributed by atoms with Crippen LogP contribution in [0.25, 0.3) is 0 Å². The van der Waals surface area contributed by atoms with Gasteiger partial charge < -0.3 is 0 Å². The summed E-state index contributed by atoms with van der Waals surface area (Å²) in [5.41, 5.74) is -2.87. The van der Waals surface area contributed by atoms with E-state index in [-0.39, 0.29) is 22.6 Å². The fraction of sp³-hybridized carbons (Fsp3) is 0.529. The van der Waals surface area contributed by atoms with Crippen molar-refractivity contribution in [3.63, 3.8) is 0 Å². The highest BCUT2D eigenvalue weighted by Gasteiger charge is 2.30. The largest absolute Gasteiger partial charge is 0.446 e. The van der Waals surface area contributed by atoms with E-state index in [0.29, 0.717) is 11.5 Å². The van der Waals surface area contributed by atoms with Crippen LogP contribution in [0.1, 0.15) is 56.6 Å². The van der Waals surface area contributed by atoms with E-state index in [0.717, 1.165) is 18.4 Å². The zero-order chi connectivity index (χ0) is 15.5. The van der Waals surface area contributed by atoms with Crippen LogP contribution in [0.3, 0.4) is 0 Å². The summed E-state index contributed by atoms with van der Waals surface area (Å²) in [6.45, 7) is 3.95. The lowest BCUT2D eigenvalue weighted by Crippen LogP contribution is -2.01. The van der Waals surface area contributed by atoms with Gasteiger partial charge in [-0.1, -0.05) is 44.6 Å². The van der Waals surface area contributed by atoms with Crippen LogP contribution < -0.4 is 0 Å². The molecular weight excluding hydrogens is 293 g/mol. The third-order valence-electron chi connectivity index (χ3n) is 3.66. The highest BCUT2D eigenvalue weighted by atomic mass is 32.2. The predicted molar refractivity (Wildman–Crippen MR) is 81.3 cm³/mol. The van der Waals surface area contributed by atoms with E-state index in [1.165, 1.54) is 12.8 Å². The van der Waals surface area contributed by atoms with E-state index in [4.69, 9.17) is 0 Å². The van der Waals surface area contributed by atoms with Gasteiger partial charge in [-0.05, 0) is 48.2 Å². The monoisotopic (exact) mass is 312 g/mol. The number of halogens is 3. The summed E-state index contributed by atoms with van der Waals surface area (Å²) in [7, 11) is 0. The Morgan fingerprint density at radius 2 is 1.86 bits per heavy atom. The van der Waals surface area contributed by atoms with Crippen LogP contribution >= 0.6 is 11.8 Å². The molecule has 1 saturated carbocycles. The smallest absolute Gasteiger partial charge is 0.160 e. The van der Waals surface area contributed by atoms with Gasteiger partial charge in [0.2, 0.25) is 0 Å². The normalized spacial score (nSPS) is 16.1. The molecule has 0 heterocycles. The van der Waals surface area contributed by atoms with Crippen molar-refractivity contribution >= 4 is 11.8 Å². The molecule has 0 amide bonds. The zero-order valence-electron chi connectivity index (χ0n) is 12.3. The van der Waals surface area contributed by atoms with Crippen molar-refractivity contribution in [1.82, 2.24) is 0 Å². The lowest BCUT2D eigenvalue weighted by molar-refractivity contribution is -0.0328. The maximum absolute atomic E-state index is 12.7. The molecular formula is C17H19F3S. The van der Waals surface area contributed by atoms with Crippen molar-refractivity contribution in [2.24, 2.45) is 5.92 Å². The van der Waals surface area contributed by atoms with Gasteiger partial charge in [0.1, 0.15) is 0 Å². The molecule has 0 radical (unpaired) electrons. The van der Waals surface area contributed by atoms with E-state index in [1.807, 2.05) is 19.9 Å². The first-order chi connectivity index (χ1) is 9.85. The molecule has 0 unspecified atom stereocenters. The summed E-state index contributed by atoms with van der Waals surface area (Å²) in [6, 6.07) is 5.23. The number of benzene rings is 1. The highest BCUT2D eigenvalue weighted by molar-refractivity contribution is 8.00. The molecule has 114 valence electrons. The van der Waals surface area contributed by atoms with Gasteiger partial charge in [0, 0.05) is 16.4 Å². The Bertz CT molecular complexity index is 543. The minimum Gasteiger partial charge on any atom is -0.160 e. The van der Waals surface area contributed by atoms with Crippen LogP contribution in [0.2, 0.25) is 0 Å². The molecule has 4 heteroatoms. The molecule has 1 fully saturated rings. The summed E-state index contributed by atoms with van der Waals surface area (Å²) in [6.07, 6.45) is 4.49. The van der Waals surface area contributed by atoms with Gasteiger partial charge in [-0.3, -0.25) is 0 Å². The van der Waals surface area contributed by atoms with Crippen LogP contribution in [-0.2, 0) is 0 Å². The lowest BCUT2D eigenvalue weighted by Gasteiger charge is -2.12. The molecule has 0 atom stereocenters. The van der Waals surface area contributed by atoms with Crippen LogP contribution in [0.4, 0.5) is 13.2 Å². The second-order valence-electron chi connectivity index (χ2n) is 5.71. The third kappa shape index (κ3) is 5.00. The molecule has 1 aromatic rings. The SMILES string of the molecule is CC(C)c1ccc(C#CC2CCCC2)c(SC(F)(F)F)c1. The van der Waals surface area contributed by atoms with Crippen LogP contribution in [0.5, 0.6) is 0 Å². The van der Waals surface area contributed by atoms with Crippen LogP contribution in [0.15, 0.2) is 23.1 Å². The summed E-state index contributed by atoms with van der Waals surface area (Å²) in [5.74, 6) is 6.66. The first-order valence-corrected chi connectivity index (χ1v) is 8.08. The predicted octanol–water partition coefficient (Wildman–Crippen LogP) is 5.96. The van der Waals surface area contributed by atoms with Gasteiger partial charge in [-0.2, -0.15) is 13.2 Å². The van der Waals surface area contributed by atoms with Crippen molar-refractivity contribution < 1.29 is 13.2 Å². The quantitative estimate of drug-likeness (QED) is 0.479. The molecule has 0 aliphatic heterocycles. The molecule has 0 saturated heterocycles. The van der Waals surface area contributed by atoms with Gasteiger partial charge in [0.25, 0.3) is 0 Å². The molecule has 0 N–H and O–H groups in total. The van der Waals surface area contributed by atoms with E-state index < -0.39 is 5.51 Å². The van der Waals surface area contributed by atoms with Crippen molar-refractivity contribution in [3.05, 3.63) is 29.3 Å². The van der Waals surface area contributed by atoms with E-state index in [9.17, 15) is 13.2 Å². The first kappa shape index (κ1) is 16.3. The Morgan fingerprint density at radius 3 is 2.43 bits per heavy atom. The van der Waals surface area contributed by atoms with Crippen molar-refractivity contribution in [2.75, 3.05) is 0 Å². The number of hydrogen-bond acceptors (Lipinski definition) is 1. The molecule has 1 aromatic carbocycles. The summed E-state index contributed by atoms with van der Waals surface area (Å²) in [5, 5.41) is 0. The Hall–Kier alpha value is -1.08. The van der Waals surface area contributed by atoms with Crippen LogP contribution in [-0.4, -0.2) is 5.51 Å². The van der Waals surface area contributed by atoms with E-state index >= 15 is 0 Å². The second-order valence-corrected chi connectivity index (χ2v) is 6.82. The maximum Gasteiger partial charge on any atom is 0.446 e. The Labute approximate surface area is 128 Å². The molecule has 1 aliphatic rings. The molecule has 1 aliphatic carbocycles. The van der Waals surface area contributed by atoms with Gasteiger partial charge >= 0.3 is 5.51 Å². The molecule has 0 aromatic heterocycles. The zero-order valence-corrected chi connectivity index (χ0v) is 13.1. The third-order valence-corrected chi connectivity index (χ3v) is 4.45. The average Bonchev–Trinajstić information content (AvgIpc) is 2.88. The first-order valence-electron chi connectivity index (χ1n) is 7.26. The Balaban J connectivity index is 2.29. The van der Waals surface area contributed by atoms with Gasteiger partial charge in [-0.15, -0.1) is 0 Å².